The molecule has 1 aliphatic heterocycles. The number of hydrogen-bond donors (Lipinski definition) is 1. The molecule has 2 N–H and O–H groups in total. The Kier molecular flexibility index (Phi) is 5.02. The Labute approximate surface area is 152 Å². The SMILES string of the molecule is CCC(/N=C1\Cc2ccccc2N(C(N)=O)c2ccccc21)C(=O)OC. The van der Waals surface area contributed by atoms with E-state index in [4.69, 9.17) is 10.5 Å². The van der Waals surface area contributed by atoms with Crippen molar-refractivity contribution in [3.05, 3.63) is 59.7 Å². The van der Waals surface area contributed by atoms with E-state index in [1.807, 2.05) is 55.5 Å². The molecule has 2 amide bonds. The fourth-order valence-electron chi connectivity index (χ4n) is 3.18. The number of esters is 1. The van der Waals surface area contributed by atoms with E-state index in [9.17, 15) is 9.59 Å². The van der Waals surface area contributed by atoms with Crippen LogP contribution in [0.5, 0.6) is 0 Å². The third-order valence-electron chi connectivity index (χ3n) is 4.44. The number of methoxy groups -OCH3 is 1. The second kappa shape index (κ2) is 7.39. The number of rotatable bonds is 3. The minimum Gasteiger partial charge on any atom is -0.467 e. The van der Waals surface area contributed by atoms with Crippen LogP contribution in [0.1, 0.15) is 24.5 Å². The van der Waals surface area contributed by atoms with Crippen molar-refractivity contribution >= 4 is 29.1 Å². The molecule has 0 spiro atoms. The second-order valence-corrected chi connectivity index (χ2v) is 6.02. The van der Waals surface area contributed by atoms with Gasteiger partial charge in [-0.25, -0.2) is 9.59 Å². The molecule has 0 aliphatic carbocycles. The summed E-state index contributed by atoms with van der Waals surface area (Å²) in [6.07, 6.45) is 1.02. The number of nitrogens with two attached hydrogens (primary N) is 1. The monoisotopic (exact) mass is 351 g/mol. The number of anilines is 2. The summed E-state index contributed by atoms with van der Waals surface area (Å²) in [6, 6.07) is 13.9. The summed E-state index contributed by atoms with van der Waals surface area (Å²) in [6.45, 7) is 1.89. The summed E-state index contributed by atoms with van der Waals surface area (Å²) in [5.74, 6) is -0.373. The van der Waals surface area contributed by atoms with E-state index in [-0.39, 0.29) is 5.97 Å². The first kappa shape index (κ1) is 17.7. The minimum absolute atomic E-state index is 0.373. The summed E-state index contributed by atoms with van der Waals surface area (Å²) < 4.78 is 4.86. The van der Waals surface area contributed by atoms with Crippen LogP contribution in [0, 0.1) is 0 Å². The van der Waals surface area contributed by atoms with E-state index < -0.39 is 12.1 Å². The highest BCUT2D eigenvalue weighted by atomic mass is 16.5. The van der Waals surface area contributed by atoms with Gasteiger partial charge in [-0.3, -0.25) is 9.89 Å². The Balaban J connectivity index is 2.23. The molecule has 0 saturated carbocycles. The number of benzene rings is 2. The largest absolute Gasteiger partial charge is 0.467 e. The molecule has 0 radical (unpaired) electrons. The normalized spacial score (nSPS) is 15.6. The third-order valence-corrected chi connectivity index (χ3v) is 4.44. The maximum absolute atomic E-state index is 12.2. The Bertz CT molecular complexity index is 876. The highest BCUT2D eigenvalue weighted by Gasteiger charge is 2.28. The number of aliphatic imine (C=N–C) groups is 1. The van der Waals surface area contributed by atoms with E-state index in [2.05, 4.69) is 4.99 Å². The van der Waals surface area contributed by atoms with Gasteiger partial charge in [-0.05, 0) is 24.1 Å². The zero-order valence-electron chi connectivity index (χ0n) is 14.8. The van der Waals surface area contributed by atoms with Crippen LogP contribution < -0.4 is 10.6 Å². The van der Waals surface area contributed by atoms with Crippen LogP contribution >= 0.6 is 0 Å². The molecule has 3 rings (SSSR count). The quantitative estimate of drug-likeness (QED) is 0.862. The van der Waals surface area contributed by atoms with Crippen LogP contribution in [0.25, 0.3) is 0 Å². The molecular weight excluding hydrogens is 330 g/mol. The van der Waals surface area contributed by atoms with Crippen molar-refractivity contribution in [3.63, 3.8) is 0 Å². The van der Waals surface area contributed by atoms with Crippen LogP contribution in [0.4, 0.5) is 16.2 Å². The molecule has 134 valence electrons. The van der Waals surface area contributed by atoms with Gasteiger partial charge >= 0.3 is 12.0 Å². The number of para-hydroxylation sites is 2. The van der Waals surface area contributed by atoms with Crippen LogP contribution in [0.3, 0.4) is 0 Å². The smallest absolute Gasteiger partial charge is 0.330 e. The summed E-state index contributed by atoms with van der Waals surface area (Å²) >= 11 is 0. The second-order valence-electron chi connectivity index (χ2n) is 6.02. The molecule has 0 saturated heterocycles. The van der Waals surface area contributed by atoms with Crippen LogP contribution in [0.15, 0.2) is 53.5 Å². The van der Waals surface area contributed by atoms with Crippen molar-refractivity contribution in [2.75, 3.05) is 12.0 Å². The van der Waals surface area contributed by atoms with E-state index in [1.165, 1.54) is 12.0 Å². The van der Waals surface area contributed by atoms with Gasteiger partial charge in [0.05, 0.1) is 18.5 Å². The average Bonchev–Trinajstić information content (AvgIpc) is 2.79. The predicted molar refractivity (Wildman–Crippen MR) is 101 cm³/mol. The molecule has 1 aliphatic rings. The van der Waals surface area contributed by atoms with E-state index >= 15 is 0 Å². The van der Waals surface area contributed by atoms with E-state index in [1.54, 1.807) is 0 Å². The molecule has 6 heteroatoms. The fraction of sp³-hybridized carbons (Fsp3) is 0.250. The maximum atomic E-state index is 12.2. The Morgan fingerprint density at radius 3 is 2.46 bits per heavy atom. The summed E-state index contributed by atoms with van der Waals surface area (Å²) in [5, 5.41) is 0. The van der Waals surface area contributed by atoms with Crippen molar-refractivity contribution in [1.29, 1.82) is 0 Å². The van der Waals surface area contributed by atoms with Crippen LogP contribution in [0.2, 0.25) is 0 Å². The average molecular weight is 351 g/mol. The van der Waals surface area contributed by atoms with Crippen molar-refractivity contribution in [2.24, 2.45) is 10.7 Å². The van der Waals surface area contributed by atoms with Gasteiger partial charge in [-0.15, -0.1) is 0 Å². The van der Waals surface area contributed by atoms with Crippen molar-refractivity contribution < 1.29 is 14.3 Å². The zero-order chi connectivity index (χ0) is 18.7. The van der Waals surface area contributed by atoms with Gasteiger partial charge < -0.3 is 10.5 Å². The Morgan fingerprint density at radius 2 is 1.81 bits per heavy atom. The number of fused-ring (bicyclic) bond motifs is 2. The van der Waals surface area contributed by atoms with Gasteiger partial charge in [-0.2, -0.15) is 0 Å². The number of ether oxygens (including phenoxy) is 1. The standard InChI is InChI=1S/C20H21N3O3/c1-3-15(19(24)26-2)22-16-12-13-8-4-6-10-17(13)23(20(21)25)18-11-7-5-9-14(16)18/h4-11,15H,3,12H2,1-2H3,(H2,21,25)/b22-16+. The van der Waals surface area contributed by atoms with Crippen molar-refractivity contribution in [3.8, 4) is 0 Å². The first-order valence-corrected chi connectivity index (χ1v) is 8.48. The maximum Gasteiger partial charge on any atom is 0.330 e. The van der Waals surface area contributed by atoms with Crippen LogP contribution in [-0.2, 0) is 16.0 Å². The summed E-state index contributed by atoms with van der Waals surface area (Å²) in [4.78, 5) is 30.4. The van der Waals surface area contributed by atoms with E-state index in [0.29, 0.717) is 18.5 Å². The van der Waals surface area contributed by atoms with Gasteiger partial charge in [0, 0.05) is 17.7 Å². The first-order chi connectivity index (χ1) is 12.6. The van der Waals surface area contributed by atoms with Gasteiger partial charge in [0.1, 0.15) is 6.04 Å². The number of primary amides is 1. The number of nitrogens with zero attached hydrogens (tertiary/aromatic N) is 2. The summed E-state index contributed by atoms with van der Waals surface area (Å²) in [7, 11) is 1.36. The van der Waals surface area contributed by atoms with Crippen molar-refractivity contribution in [1.82, 2.24) is 0 Å². The van der Waals surface area contributed by atoms with Gasteiger partial charge in [0.15, 0.2) is 0 Å². The molecule has 0 bridgehead atoms. The zero-order valence-corrected chi connectivity index (χ0v) is 14.8. The minimum atomic E-state index is -0.588. The number of urea groups is 1. The summed E-state index contributed by atoms with van der Waals surface area (Å²) in [5.41, 5.74) is 9.49. The molecule has 1 heterocycles. The number of carbonyl (C=O) groups excluding carboxylic acids is 2. The highest BCUT2D eigenvalue weighted by molar-refractivity contribution is 6.14. The molecule has 1 atom stereocenters. The van der Waals surface area contributed by atoms with Gasteiger partial charge in [0.25, 0.3) is 0 Å². The number of hydrogen-bond acceptors (Lipinski definition) is 4. The molecule has 6 nitrogen and oxygen atoms in total. The van der Waals surface area contributed by atoms with Crippen molar-refractivity contribution in [2.45, 2.75) is 25.8 Å². The fourth-order valence-corrected chi connectivity index (χ4v) is 3.18. The molecule has 1 unspecified atom stereocenters. The Hall–Kier alpha value is -3.15. The molecular formula is C20H21N3O3. The predicted octanol–water partition coefficient (Wildman–Crippen LogP) is 3.20. The lowest BCUT2D eigenvalue weighted by Gasteiger charge is -2.22. The van der Waals surface area contributed by atoms with Gasteiger partial charge in [-0.1, -0.05) is 43.3 Å². The molecule has 2 aromatic rings. The number of amides is 2. The lowest BCUT2D eigenvalue weighted by Crippen LogP contribution is -2.32. The van der Waals surface area contributed by atoms with Gasteiger partial charge in [0.2, 0.25) is 0 Å². The molecule has 0 aromatic heterocycles. The lowest BCUT2D eigenvalue weighted by atomic mass is 10.0. The van der Waals surface area contributed by atoms with Crippen LogP contribution in [-0.4, -0.2) is 30.9 Å². The Morgan fingerprint density at radius 1 is 1.15 bits per heavy atom. The highest BCUT2D eigenvalue weighted by Crippen LogP contribution is 2.36. The van der Waals surface area contributed by atoms with E-state index in [0.717, 1.165) is 22.5 Å². The topological polar surface area (TPSA) is 85.0 Å². The first-order valence-electron chi connectivity index (χ1n) is 8.48. The molecule has 2 aromatic carbocycles. The lowest BCUT2D eigenvalue weighted by molar-refractivity contribution is -0.142. The molecule has 26 heavy (non-hydrogen) atoms. The number of carbonyl (C=O) groups is 2. The molecule has 0 fully saturated rings. The third kappa shape index (κ3) is 3.18.